The van der Waals surface area contributed by atoms with Crippen molar-refractivity contribution >= 4 is 8.73 Å². The van der Waals surface area contributed by atoms with E-state index < -0.39 is 5.60 Å². The highest BCUT2D eigenvalue weighted by atomic mass is 31.1. The Morgan fingerprint density at radius 2 is 2.06 bits per heavy atom. The molecule has 1 unspecified atom stereocenters. The van der Waals surface area contributed by atoms with E-state index in [0.717, 1.165) is 33.9 Å². The van der Waals surface area contributed by atoms with Gasteiger partial charge in [-0.2, -0.15) is 0 Å². The predicted octanol–water partition coefficient (Wildman–Crippen LogP) is 2.58. The monoisotopic (exact) mass is 269 g/mol. The second-order valence-electron chi connectivity index (χ2n) is 4.91. The number of aryl methyl sites for hydroxylation is 1. The third kappa shape index (κ3) is 5.34. The third-order valence-corrected chi connectivity index (χ3v) is 3.27. The van der Waals surface area contributed by atoms with Gasteiger partial charge in [-0.15, -0.1) is 0 Å². The number of benzene rings is 1. The van der Waals surface area contributed by atoms with Crippen LogP contribution in [0, 0.1) is 0 Å². The molecule has 1 aromatic rings. The molecule has 102 valence electrons. The molecule has 0 saturated carbocycles. The number of hydrogen-bond donors (Lipinski definition) is 2. The van der Waals surface area contributed by atoms with Gasteiger partial charge in [-0.3, -0.25) is 5.09 Å². The average Bonchev–Trinajstić information content (AvgIpc) is 2.36. The predicted molar refractivity (Wildman–Crippen MR) is 78.8 cm³/mol. The van der Waals surface area contributed by atoms with E-state index in [1.807, 2.05) is 32.0 Å². The summed E-state index contributed by atoms with van der Waals surface area (Å²) in [6, 6.07) is 8.07. The summed E-state index contributed by atoms with van der Waals surface area (Å²) < 4.78 is 5.87. The normalized spacial score (nSPS) is 12.2. The molecule has 1 atom stereocenters. The fraction of sp³-hybridized carbons (Fsp3) is 0.571. The number of hydrogen-bond acceptors (Lipinski definition) is 3. The lowest BCUT2D eigenvalue weighted by atomic mass is 10.1. The van der Waals surface area contributed by atoms with Gasteiger partial charge in [0, 0.05) is 0 Å². The quantitative estimate of drug-likeness (QED) is 0.563. The Morgan fingerprint density at radius 3 is 2.72 bits per heavy atom. The van der Waals surface area contributed by atoms with Gasteiger partial charge in [0.1, 0.15) is 11.4 Å². The van der Waals surface area contributed by atoms with Gasteiger partial charge in [0.25, 0.3) is 0 Å². The minimum absolute atomic E-state index is 0.0137. The first-order valence-electron chi connectivity index (χ1n) is 6.36. The minimum Gasteiger partial charge on any atom is -0.485 e. The lowest BCUT2D eigenvalue weighted by Crippen LogP contribution is -2.32. The minimum atomic E-state index is -0.529. The molecule has 0 heterocycles. The van der Waals surface area contributed by atoms with E-state index in [1.54, 1.807) is 0 Å². The van der Waals surface area contributed by atoms with Crippen LogP contribution in [-0.2, 0) is 6.42 Å². The van der Waals surface area contributed by atoms with E-state index in [4.69, 9.17) is 4.74 Å². The van der Waals surface area contributed by atoms with Gasteiger partial charge in [-0.25, -0.2) is 0 Å². The van der Waals surface area contributed by atoms with Gasteiger partial charge in [0.05, 0.1) is 6.61 Å². The van der Waals surface area contributed by atoms with Gasteiger partial charge in [-0.1, -0.05) is 26.9 Å². The van der Waals surface area contributed by atoms with E-state index >= 15 is 0 Å². The highest BCUT2D eigenvalue weighted by Crippen LogP contribution is 2.24. The highest BCUT2D eigenvalue weighted by molar-refractivity contribution is 7.34. The maximum atomic E-state index is 9.26. The maximum Gasteiger partial charge on any atom is 0.126 e. The Balaban J connectivity index is 2.62. The second-order valence-corrected chi connectivity index (χ2v) is 5.76. The molecule has 1 aromatic carbocycles. The average molecular weight is 269 g/mol. The lowest BCUT2D eigenvalue weighted by Gasteiger charge is -2.25. The number of rotatable bonds is 8. The molecule has 4 heteroatoms. The molecule has 0 bridgehead atoms. The van der Waals surface area contributed by atoms with Crippen molar-refractivity contribution < 1.29 is 9.84 Å². The van der Waals surface area contributed by atoms with E-state index in [1.165, 1.54) is 5.56 Å². The summed E-state index contributed by atoms with van der Waals surface area (Å²) in [4.78, 5) is 0. The topological polar surface area (TPSA) is 41.5 Å². The van der Waals surface area contributed by atoms with Crippen LogP contribution in [0.15, 0.2) is 24.3 Å². The van der Waals surface area contributed by atoms with Gasteiger partial charge in [0.15, 0.2) is 0 Å². The van der Waals surface area contributed by atoms with Crippen LogP contribution in [0.25, 0.3) is 0 Å². The Labute approximate surface area is 112 Å². The smallest absolute Gasteiger partial charge is 0.126 e. The van der Waals surface area contributed by atoms with E-state index in [2.05, 4.69) is 17.8 Å². The van der Waals surface area contributed by atoms with Crippen molar-refractivity contribution in [1.82, 2.24) is 5.09 Å². The molecule has 0 aliphatic heterocycles. The number of aliphatic hydroxyl groups excluding tert-OH is 1. The Bertz CT molecular complexity index is 355. The molecule has 0 spiro atoms. The summed E-state index contributed by atoms with van der Waals surface area (Å²) in [5, 5.41) is 12.6. The Hall–Kier alpha value is -0.630. The SMILES string of the molecule is CPNCCCc1ccccc1OC(C)(C)CO. The van der Waals surface area contributed by atoms with E-state index in [0.29, 0.717) is 0 Å². The zero-order valence-corrected chi connectivity index (χ0v) is 12.5. The summed E-state index contributed by atoms with van der Waals surface area (Å²) >= 11 is 0. The van der Waals surface area contributed by atoms with Crippen molar-refractivity contribution in [3.63, 3.8) is 0 Å². The molecule has 0 aliphatic rings. The summed E-state index contributed by atoms with van der Waals surface area (Å²) in [6.45, 7) is 6.97. The fourth-order valence-corrected chi connectivity index (χ4v) is 2.06. The standard InChI is InChI=1S/C14H24NO2P/c1-14(2,11-16)17-13-9-5-4-7-12(13)8-6-10-15-18-3/h4-5,7,9,15-16,18H,6,8,10-11H2,1-3H3. The summed E-state index contributed by atoms with van der Waals surface area (Å²) in [7, 11) is 0.799. The molecule has 0 fully saturated rings. The Kier molecular flexibility index (Phi) is 6.62. The molecule has 0 saturated heterocycles. The lowest BCUT2D eigenvalue weighted by molar-refractivity contribution is 0.0404. The molecular formula is C14H24NO2P. The first kappa shape index (κ1) is 15.4. The van der Waals surface area contributed by atoms with Crippen LogP contribution in [0.1, 0.15) is 25.8 Å². The fourth-order valence-electron chi connectivity index (χ4n) is 1.63. The van der Waals surface area contributed by atoms with Crippen LogP contribution >= 0.6 is 8.73 Å². The van der Waals surface area contributed by atoms with Crippen LogP contribution in [0.3, 0.4) is 0 Å². The number of aliphatic hydroxyl groups is 1. The van der Waals surface area contributed by atoms with Gasteiger partial charge >= 0.3 is 0 Å². The third-order valence-electron chi connectivity index (χ3n) is 2.66. The summed E-state index contributed by atoms with van der Waals surface area (Å²) in [6.07, 6.45) is 2.09. The Morgan fingerprint density at radius 1 is 1.33 bits per heavy atom. The van der Waals surface area contributed by atoms with Gasteiger partial charge < -0.3 is 9.84 Å². The highest BCUT2D eigenvalue weighted by Gasteiger charge is 2.19. The largest absolute Gasteiger partial charge is 0.485 e. The number of ether oxygens (including phenoxy) is 1. The molecule has 2 N–H and O–H groups in total. The van der Waals surface area contributed by atoms with Crippen LogP contribution in [-0.4, -0.2) is 30.5 Å². The van der Waals surface area contributed by atoms with Gasteiger partial charge in [-0.05, 0) is 51.5 Å². The molecule has 0 radical (unpaired) electrons. The number of nitrogens with one attached hydrogen (secondary N) is 1. The van der Waals surface area contributed by atoms with Crippen molar-refractivity contribution in [2.45, 2.75) is 32.3 Å². The van der Waals surface area contributed by atoms with Crippen molar-refractivity contribution in [3.05, 3.63) is 29.8 Å². The molecular weight excluding hydrogens is 245 g/mol. The number of para-hydroxylation sites is 1. The van der Waals surface area contributed by atoms with E-state index in [9.17, 15) is 5.11 Å². The van der Waals surface area contributed by atoms with Crippen molar-refractivity contribution in [2.24, 2.45) is 0 Å². The van der Waals surface area contributed by atoms with Crippen LogP contribution in [0.5, 0.6) is 5.75 Å². The van der Waals surface area contributed by atoms with E-state index in [-0.39, 0.29) is 6.61 Å². The molecule has 0 amide bonds. The van der Waals surface area contributed by atoms with Gasteiger partial charge in [0.2, 0.25) is 0 Å². The summed E-state index contributed by atoms with van der Waals surface area (Å²) in [5.41, 5.74) is 0.680. The molecule has 0 aromatic heterocycles. The van der Waals surface area contributed by atoms with Crippen molar-refractivity contribution in [2.75, 3.05) is 19.8 Å². The molecule has 3 nitrogen and oxygen atoms in total. The zero-order valence-electron chi connectivity index (χ0n) is 11.5. The summed E-state index contributed by atoms with van der Waals surface area (Å²) in [5.74, 6) is 0.885. The van der Waals surface area contributed by atoms with Crippen molar-refractivity contribution in [1.29, 1.82) is 0 Å². The maximum absolute atomic E-state index is 9.26. The first-order chi connectivity index (χ1) is 8.59. The molecule has 1 rings (SSSR count). The first-order valence-corrected chi connectivity index (χ1v) is 7.86. The van der Waals surface area contributed by atoms with Crippen molar-refractivity contribution in [3.8, 4) is 5.75 Å². The van der Waals surface area contributed by atoms with Crippen LogP contribution < -0.4 is 9.82 Å². The van der Waals surface area contributed by atoms with Crippen LogP contribution in [0.2, 0.25) is 0 Å². The molecule has 18 heavy (non-hydrogen) atoms. The zero-order chi connectivity index (χ0) is 13.4. The second kappa shape index (κ2) is 7.73. The van der Waals surface area contributed by atoms with Crippen LogP contribution in [0.4, 0.5) is 0 Å². The molecule has 0 aliphatic carbocycles.